The Morgan fingerprint density at radius 1 is 1.00 bits per heavy atom. The van der Waals surface area contributed by atoms with Crippen molar-refractivity contribution in [2.75, 3.05) is 0 Å². The number of carboxylic acid groups (broad SMARTS) is 1. The summed E-state index contributed by atoms with van der Waals surface area (Å²) >= 11 is 0. The number of rotatable bonds is 5. The van der Waals surface area contributed by atoms with E-state index >= 15 is 0 Å². The number of nitro groups is 1. The van der Waals surface area contributed by atoms with Gasteiger partial charge in [-0.1, -0.05) is 78.7 Å². The van der Waals surface area contributed by atoms with Gasteiger partial charge in [-0.2, -0.15) is 0 Å². The summed E-state index contributed by atoms with van der Waals surface area (Å²) in [5.41, 5.74) is -0.0865. The lowest BCUT2D eigenvalue weighted by atomic mass is 10.1. The number of benzene rings is 3. The SMILES string of the molecule is C#Cc1c(C(=O)O)nc2c([N+](=O)[O-])cccc2c1OCc1ccccc1.c1ccccc1. The second kappa shape index (κ2) is 10.4. The first kappa shape index (κ1) is 22.0. The highest BCUT2D eigenvalue weighted by Gasteiger charge is 2.24. The minimum absolute atomic E-state index is 0.0542. The van der Waals surface area contributed by atoms with Gasteiger partial charge in [-0.05, 0) is 11.6 Å². The number of carboxylic acids is 1. The predicted molar refractivity (Wildman–Crippen MR) is 121 cm³/mol. The molecule has 0 unspecified atom stereocenters. The molecule has 0 saturated carbocycles. The molecular formula is C25H18N2O5. The molecule has 1 N–H and O–H groups in total. The number of hydrogen-bond acceptors (Lipinski definition) is 5. The highest BCUT2D eigenvalue weighted by molar-refractivity contribution is 6.00. The molecule has 4 rings (SSSR count). The van der Waals surface area contributed by atoms with Gasteiger partial charge in [0.05, 0.1) is 10.3 Å². The van der Waals surface area contributed by atoms with Crippen molar-refractivity contribution in [3.05, 3.63) is 112 Å². The molecular weight excluding hydrogens is 408 g/mol. The molecule has 4 aromatic rings. The van der Waals surface area contributed by atoms with Crippen molar-refractivity contribution >= 4 is 22.6 Å². The van der Waals surface area contributed by atoms with Gasteiger partial charge in [-0.3, -0.25) is 10.1 Å². The Labute approximate surface area is 184 Å². The standard InChI is InChI=1S/C19H12N2O5.C6H6/c1-2-13-17(19(22)23)20-16-14(9-6-10-15(16)21(24)25)18(13)26-11-12-7-4-3-5-8-12;1-2-4-6-5-3-1/h1,3-10H,11H2,(H,22,23);1-6H. The average molecular weight is 426 g/mol. The third-order valence-electron chi connectivity index (χ3n) is 4.38. The van der Waals surface area contributed by atoms with E-state index < -0.39 is 16.6 Å². The Morgan fingerprint density at radius 2 is 1.59 bits per heavy atom. The smallest absolute Gasteiger partial charge is 0.355 e. The minimum Gasteiger partial charge on any atom is -0.487 e. The molecule has 3 aromatic carbocycles. The normalized spacial score (nSPS) is 9.84. The Bertz CT molecular complexity index is 1260. The van der Waals surface area contributed by atoms with E-state index in [0.29, 0.717) is 0 Å². The lowest BCUT2D eigenvalue weighted by Gasteiger charge is -2.13. The number of non-ortho nitro benzene ring substituents is 1. The van der Waals surface area contributed by atoms with Gasteiger partial charge < -0.3 is 9.84 Å². The van der Waals surface area contributed by atoms with Crippen molar-refractivity contribution < 1.29 is 19.6 Å². The maximum absolute atomic E-state index is 11.5. The Kier molecular flexibility index (Phi) is 7.12. The first-order valence-electron chi connectivity index (χ1n) is 9.50. The Morgan fingerprint density at radius 3 is 2.12 bits per heavy atom. The zero-order chi connectivity index (χ0) is 22.9. The van der Waals surface area contributed by atoms with Crippen molar-refractivity contribution in [1.29, 1.82) is 0 Å². The molecule has 0 aliphatic rings. The third-order valence-corrected chi connectivity index (χ3v) is 4.38. The summed E-state index contributed by atoms with van der Waals surface area (Å²) in [7, 11) is 0. The van der Waals surface area contributed by atoms with E-state index in [4.69, 9.17) is 11.2 Å². The van der Waals surface area contributed by atoms with Gasteiger partial charge >= 0.3 is 5.97 Å². The average Bonchev–Trinajstić information content (AvgIpc) is 2.83. The number of hydrogen-bond donors (Lipinski definition) is 1. The van der Waals surface area contributed by atoms with Crippen LogP contribution in [0.2, 0.25) is 0 Å². The first-order valence-corrected chi connectivity index (χ1v) is 9.50. The van der Waals surface area contributed by atoms with E-state index in [1.807, 2.05) is 66.7 Å². The number of ether oxygens (including phenoxy) is 1. The number of aromatic carboxylic acids is 1. The Balaban J connectivity index is 0.000000416. The molecule has 158 valence electrons. The molecule has 0 radical (unpaired) electrons. The summed E-state index contributed by atoms with van der Waals surface area (Å²) in [6.07, 6.45) is 5.48. The second-order valence-corrected chi connectivity index (χ2v) is 6.47. The van der Waals surface area contributed by atoms with E-state index in [2.05, 4.69) is 10.9 Å². The monoisotopic (exact) mass is 426 g/mol. The zero-order valence-corrected chi connectivity index (χ0v) is 16.8. The molecule has 0 spiro atoms. The van der Waals surface area contributed by atoms with Crippen molar-refractivity contribution in [3.8, 4) is 18.1 Å². The van der Waals surface area contributed by atoms with Gasteiger partial charge in [0.2, 0.25) is 0 Å². The largest absolute Gasteiger partial charge is 0.487 e. The van der Waals surface area contributed by atoms with Crippen molar-refractivity contribution in [1.82, 2.24) is 4.98 Å². The predicted octanol–water partition coefficient (Wildman–Crippen LogP) is 5.09. The van der Waals surface area contributed by atoms with Crippen LogP contribution in [0.15, 0.2) is 84.9 Å². The molecule has 7 nitrogen and oxygen atoms in total. The number of fused-ring (bicyclic) bond motifs is 1. The van der Waals surface area contributed by atoms with Crippen LogP contribution in [0.4, 0.5) is 5.69 Å². The lowest BCUT2D eigenvalue weighted by Crippen LogP contribution is -2.09. The van der Waals surface area contributed by atoms with Gasteiger partial charge in [0.1, 0.15) is 17.9 Å². The van der Waals surface area contributed by atoms with Gasteiger partial charge in [0.15, 0.2) is 11.2 Å². The van der Waals surface area contributed by atoms with E-state index in [1.165, 1.54) is 12.1 Å². The quantitative estimate of drug-likeness (QED) is 0.271. The highest BCUT2D eigenvalue weighted by atomic mass is 16.6. The van der Waals surface area contributed by atoms with Crippen LogP contribution in [0, 0.1) is 22.5 Å². The minimum atomic E-state index is -1.39. The second-order valence-electron chi connectivity index (χ2n) is 6.47. The molecule has 0 aliphatic heterocycles. The number of pyridine rings is 1. The molecule has 0 bridgehead atoms. The number of carbonyl (C=O) groups is 1. The molecule has 0 amide bonds. The molecule has 0 fully saturated rings. The molecule has 0 atom stereocenters. The van der Waals surface area contributed by atoms with Gasteiger partial charge in [0.25, 0.3) is 5.69 Å². The van der Waals surface area contributed by atoms with Crippen molar-refractivity contribution in [2.45, 2.75) is 6.61 Å². The molecule has 0 aliphatic carbocycles. The van der Waals surface area contributed by atoms with Crippen LogP contribution >= 0.6 is 0 Å². The molecule has 0 saturated heterocycles. The fraction of sp³-hybridized carbons (Fsp3) is 0.0400. The van der Waals surface area contributed by atoms with E-state index in [-0.39, 0.29) is 34.5 Å². The van der Waals surface area contributed by atoms with E-state index in [1.54, 1.807) is 6.07 Å². The third kappa shape index (κ3) is 5.07. The van der Waals surface area contributed by atoms with E-state index in [9.17, 15) is 20.0 Å². The van der Waals surface area contributed by atoms with Crippen LogP contribution in [0.1, 0.15) is 21.6 Å². The number of para-hydroxylation sites is 1. The Hall–Kier alpha value is -4.70. The molecule has 32 heavy (non-hydrogen) atoms. The molecule has 7 heteroatoms. The topological polar surface area (TPSA) is 103 Å². The number of terminal acetylenes is 1. The van der Waals surface area contributed by atoms with Crippen LogP contribution in [0.25, 0.3) is 10.9 Å². The van der Waals surface area contributed by atoms with Crippen LogP contribution in [0.5, 0.6) is 5.75 Å². The molecule has 1 heterocycles. The van der Waals surface area contributed by atoms with Crippen LogP contribution < -0.4 is 4.74 Å². The maximum atomic E-state index is 11.5. The summed E-state index contributed by atoms with van der Waals surface area (Å²) in [6.45, 7) is 0.121. The summed E-state index contributed by atoms with van der Waals surface area (Å²) in [6, 6.07) is 25.5. The van der Waals surface area contributed by atoms with Gasteiger partial charge in [-0.25, -0.2) is 9.78 Å². The fourth-order valence-corrected chi connectivity index (χ4v) is 2.94. The van der Waals surface area contributed by atoms with Crippen LogP contribution in [0.3, 0.4) is 0 Å². The first-order chi connectivity index (χ1) is 15.5. The van der Waals surface area contributed by atoms with Crippen molar-refractivity contribution in [2.24, 2.45) is 0 Å². The number of aromatic nitrogens is 1. The fourth-order valence-electron chi connectivity index (χ4n) is 2.94. The summed E-state index contributed by atoms with van der Waals surface area (Å²) in [5, 5.41) is 21.0. The van der Waals surface area contributed by atoms with Crippen LogP contribution in [-0.2, 0) is 6.61 Å². The zero-order valence-electron chi connectivity index (χ0n) is 16.8. The summed E-state index contributed by atoms with van der Waals surface area (Å²) in [5.74, 6) is 0.984. The number of nitrogens with zero attached hydrogens (tertiary/aromatic N) is 2. The summed E-state index contributed by atoms with van der Waals surface area (Å²) in [4.78, 5) is 26.1. The van der Waals surface area contributed by atoms with E-state index in [0.717, 1.165) is 5.56 Å². The summed E-state index contributed by atoms with van der Waals surface area (Å²) < 4.78 is 5.78. The highest BCUT2D eigenvalue weighted by Crippen LogP contribution is 2.35. The van der Waals surface area contributed by atoms with Crippen LogP contribution in [-0.4, -0.2) is 21.0 Å². The lowest BCUT2D eigenvalue weighted by molar-refractivity contribution is -0.383. The van der Waals surface area contributed by atoms with Gasteiger partial charge in [0, 0.05) is 6.07 Å². The van der Waals surface area contributed by atoms with Gasteiger partial charge in [-0.15, -0.1) is 6.42 Å². The van der Waals surface area contributed by atoms with Crippen molar-refractivity contribution in [3.63, 3.8) is 0 Å². The maximum Gasteiger partial charge on any atom is 0.355 e. The molecule has 1 aromatic heterocycles. The number of nitro benzene ring substituents is 1.